The molecule has 0 saturated heterocycles. The summed E-state index contributed by atoms with van der Waals surface area (Å²) in [5.74, 6) is -1.63. The average molecular weight is 207 g/mol. The second-order valence-corrected chi connectivity index (χ2v) is 3.17. The molecule has 1 aromatic rings. The number of nitrogens with one attached hydrogen (secondary N) is 1. The molecular weight excluding hydrogens is 194 g/mol. The van der Waals surface area contributed by atoms with Crippen molar-refractivity contribution in [3.05, 3.63) is 29.8 Å². The van der Waals surface area contributed by atoms with E-state index in [2.05, 4.69) is 5.32 Å². The topological polar surface area (TPSA) is 66.4 Å². The Morgan fingerprint density at radius 2 is 2.13 bits per heavy atom. The van der Waals surface area contributed by atoms with Crippen LogP contribution in [0.3, 0.4) is 0 Å². The lowest BCUT2D eigenvalue weighted by Gasteiger charge is -2.04. The largest absolute Gasteiger partial charge is 0.481 e. The van der Waals surface area contributed by atoms with Gasteiger partial charge in [0, 0.05) is 5.69 Å². The number of anilines is 1. The zero-order valence-electron chi connectivity index (χ0n) is 8.49. The first-order valence-electron chi connectivity index (χ1n) is 4.72. The van der Waals surface area contributed by atoms with Crippen molar-refractivity contribution in [2.24, 2.45) is 0 Å². The van der Waals surface area contributed by atoms with E-state index in [0.29, 0.717) is 5.69 Å². The highest BCUT2D eigenvalue weighted by Gasteiger charge is 2.07. The predicted molar refractivity (Wildman–Crippen MR) is 56.7 cm³/mol. The lowest BCUT2D eigenvalue weighted by Crippen LogP contribution is -2.15. The Morgan fingerprint density at radius 1 is 1.40 bits per heavy atom. The van der Waals surface area contributed by atoms with Gasteiger partial charge in [0.05, 0.1) is 0 Å². The van der Waals surface area contributed by atoms with Gasteiger partial charge in [-0.05, 0) is 24.1 Å². The molecule has 0 bridgehead atoms. The predicted octanol–water partition coefficient (Wildman–Crippen LogP) is 1.66. The number of benzene rings is 1. The molecule has 1 rings (SSSR count). The summed E-state index contributed by atoms with van der Waals surface area (Å²) in [6, 6.07) is 7.35. The molecule has 0 spiro atoms. The molecule has 15 heavy (non-hydrogen) atoms. The molecule has 4 heteroatoms. The second-order valence-electron chi connectivity index (χ2n) is 3.17. The van der Waals surface area contributed by atoms with Gasteiger partial charge in [-0.2, -0.15) is 0 Å². The molecule has 0 fully saturated rings. The normalized spacial score (nSPS) is 9.67. The maximum absolute atomic E-state index is 11.1. The number of carboxylic acid groups (broad SMARTS) is 1. The van der Waals surface area contributed by atoms with Crippen LogP contribution >= 0.6 is 0 Å². The fourth-order valence-corrected chi connectivity index (χ4v) is 1.21. The zero-order valence-corrected chi connectivity index (χ0v) is 8.49. The SMILES string of the molecule is CCc1cccc(NC(=O)CC(=O)O)c1. The van der Waals surface area contributed by atoms with Gasteiger partial charge in [-0.25, -0.2) is 0 Å². The molecule has 0 aliphatic heterocycles. The Labute approximate surface area is 87.9 Å². The van der Waals surface area contributed by atoms with Crippen molar-refractivity contribution in [3.8, 4) is 0 Å². The third-order valence-electron chi connectivity index (χ3n) is 1.93. The molecule has 2 N–H and O–H groups in total. The quantitative estimate of drug-likeness (QED) is 0.738. The molecule has 80 valence electrons. The minimum Gasteiger partial charge on any atom is -0.481 e. The van der Waals surface area contributed by atoms with Crippen LogP contribution in [0.15, 0.2) is 24.3 Å². The molecule has 0 aliphatic carbocycles. The summed E-state index contributed by atoms with van der Waals surface area (Å²) in [4.78, 5) is 21.4. The molecule has 0 aliphatic rings. The standard InChI is InChI=1S/C11H13NO3/c1-2-8-4-3-5-9(6-8)12-10(13)7-11(14)15/h3-6H,2,7H2,1H3,(H,12,13)(H,14,15). The summed E-state index contributed by atoms with van der Waals surface area (Å²) >= 11 is 0. The van der Waals surface area contributed by atoms with Gasteiger partial charge in [-0.15, -0.1) is 0 Å². The van der Waals surface area contributed by atoms with E-state index < -0.39 is 18.3 Å². The Morgan fingerprint density at radius 3 is 2.73 bits per heavy atom. The summed E-state index contributed by atoms with van der Waals surface area (Å²) < 4.78 is 0. The van der Waals surface area contributed by atoms with Crippen LogP contribution in [-0.4, -0.2) is 17.0 Å². The summed E-state index contributed by atoms with van der Waals surface area (Å²) in [5.41, 5.74) is 1.74. The molecule has 0 atom stereocenters. The van der Waals surface area contributed by atoms with E-state index >= 15 is 0 Å². The van der Waals surface area contributed by atoms with Crippen LogP contribution in [0, 0.1) is 0 Å². The number of aliphatic carboxylic acids is 1. The van der Waals surface area contributed by atoms with E-state index in [0.717, 1.165) is 12.0 Å². The van der Waals surface area contributed by atoms with Gasteiger partial charge in [0.25, 0.3) is 0 Å². The number of hydrogen-bond acceptors (Lipinski definition) is 2. The van der Waals surface area contributed by atoms with Gasteiger partial charge in [0.15, 0.2) is 0 Å². The molecule has 0 heterocycles. The highest BCUT2D eigenvalue weighted by atomic mass is 16.4. The third-order valence-corrected chi connectivity index (χ3v) is 1.93. The van der Waals surface area contributed by atoms with Gasteiger partial charge in [0.2, 0.25) is 5.91 Å². The van der Waals surface area contributed by atoms with Gasteiger partial charge in [-0.3, -0.25) is 9.59 Å². The minimum absolute atomic E-state index is 0.504. The van der Waals surface area contributed by atoms with Crippen LogP contribution < -0.4 is 5.32 Å². The molecule has 4 nitrogen and oxygen atoms in total. The van der Waals surface area contributed by atoms with Crippen LogP contribution in [0.25, 0.3) is 0 Å². The van der Waals surface area contributed by atoms with Crippen molar-refractivity contribution in [1.29, 1.82) is 0 Å². The summed E-state index contributed by atoms with van der Waals surface area (Å²) in [6.45, 7) is 2.01. The molecule has 0 saturated carbocycles. The Bertz CT molecular complexity index is 374. The monoisotopic (exact) mass is 207 g/mol. The first-order valence-corrected chi connectivity index (χ1v) is 4.72. The van der Waals surface area contributed by atoms with E-state index in [-0.39, 0.29) is 0 Å². The van der Waals surface area contributed by atoms with Gasteiger partial charge in [-0.1, -0.05) is 19.1 Å². The van der Waals surface area contributed by atoms with Crippen molar-refractivity contribution >= 4 is 17.6 Å². The number of carbonyl (C=O) groups is 2. The van der Waals surface area contributed by atoms with Crippen molar-refractivity contribution in [2.75, 3.05) is 5.32 Å². The number of aryl methyl sites for hydroxylation is 1. The van der Waals surface area contributed by atoms with Crippen LogP contribution in [0.2, 0.25) is 0 Å². The third kappa shape index (κ3) is 3.81. The highest BCUT2D eigenvalue weighted by molar-refractivity contribution is 6.01. The summed E-state index contributed by atoms with van der Waals surface area (Å²) in [7, 11) is 0. The van der Waals surface area contributed by atoms with Crippen molar-refractivity contribution in [3.63, 3.8) is 0 Å². The van der Waals surface area contributed by atoms with Crippen LogP contribution in [0.4, 0.5) is 5.69 Å². The summed E-state index contributed by atoms with van der Waals surface area (Å²) in [6.07, 6.45) is 0.374. The Balaban J connectivity index is 2.63. The molecule has 0 aromatic heterocycles. The van der Waals surface area contributed by atoms with Crippen LogP contribution in [0.5, 0.6) is 0 Å². The van der Waals surface area contributed by atoms with E-state index in [1.807, 2.05) is 25.1 Å². The molecule has 0 unspecified atom stereocenters. The maximum atomic E-state index is 11.1. The second kappa shape index (κ2) is 5.14. The molecule has 1 amide bonds. The van der Waals surface area contributed by atoms with E-state index in [9.17, 15) is 9.59 Å². The fraction of sp³-hybridized carbons (Fsp3) is 0.273. The zero-order chi connectivity index (χ0) is 11.3. The van der Waals surface area contributed by atoms with Crippen molar-refractivity contribution < 1.29 is 14.7 Å². The van der Waals surface area contributed by atoms with E-state index in [1.54, 1.807) is 6.07 Å². The first kappa shape index (κ1) is 11.2. The maximum Gasteiger partial charge on any atom is 0.312 e. The number of carboxylic acids is 1. The van der Waals surface area contributed by atoms with Crippen molar-refractivity contribution in [2.45, 2.75) is 19.8 Å². The molecule has 0 radical (unpaired) electrons. The van der Waals surface area contributed by atoms with E-state index in [1.165, 1.54) is 0 Å². The lowest BCUT2D eigenvalue weighted by molar-refractivity contribution is -0.139. The minimum atomic E-state index is -1.13. The average Bonchev–Trinajstić information content (AvgIpc) is 2.16. The Kier molecular flexibility index (Phi) is 3.85. The smallest absolute Gasteiger partial charge is 0.312 e. The Hall–Kier alpha value is -1.84. The van der Waals surface area contributed by atoms with Gasteiger partial charge >= 0.3 is 5.97 Å². The van der Waals surface area contributed by atoms with E-state index in [4.69, 9.17) is 5.11 Å². The van der Waals surface area contributed by atoms with Crippen LogP contribution in [0.1, 0.15) is 18.9 Å². The number of rotatable bonds is 4. The van der Waals surface area contributed by atoms with Crippen LogP contribution in [-0.2, 0) is 16.0 Å². The number of amides is 1. The molecular formula is C11H13NO3. The first-order chi connectivity index (χ1) is 7.11. The molecule has 1 aromatic carbocycles. The summed E-state index contributed by atoms with van der Waals surface area (Å²) in [5, 5.41) is 10.9. The van der Waals surface area contributed by atoms with Crippen molar-refractivity contribution in [1.82, 2.24) is 0 Å². The van der Waals surface area contributed by atoms with Gasteiger partial charge in [0.1, 0.15) is 6.42 Å². The van der Waals surface area contributed by atoms with Gasteiger partial charge < -0.3 is 10.4 Å². The number of carbonyl (C=O) groups excluding carboxylic acids is 1. The number of hydrogen-bond donors (Lipinski definition) is 2. The lowest BCUT2D eigenvalue weighted by atomic mass is 10.1. The fourth-order valence-electron chi connectivity index (χ4n) is 1.21. The highest BCUT2D eigenvalue weighted by Crippen LogP contribution is 2.11.